The Morgan fingerprint density at radius 1 is 1.39 bits per heavy atom. The number of hydrogen-bond donors (Lipinski definition) is 0. The van der Waals surface area contributed by atoms with Gasteiger partial charge in [-0.05, 0) is 25.1 Å². The highest BCUT2D eigenvalue weighted by Gasteiger charge is 2.10. The van der Waals surface area contributed by atoms with Gasteiger partial charge in [0.1, 0.15) is 6.54 Å². The molecule has 94 valence electrons. The van der Waals surface area contributed by atoms with E-state index in [1.807, 2.05) is 0 Å². The van der Waals surface area contributed by atoms with Gasteiger partial charge in [-0.1, -0.05) is 11.6 Å². The average Bonchev–Trinajstić information content (AvgIpc) is 2.34. The number of carbonyl (C=O) groups is 1. The Kier molecular flexibility index (Phi) is 3.39. The van der Waals surface area contributed by atoms with E-state index in [4.69, 9.17) is 11.6 Å². The van der Waals surface area contributed by atoms with E-state index in [0.717, 1.165) is 0 Å². The first-order valence-corrected chi connectivity index (χ1v) is 5.77. The number of pyridine rings is 1. The van der Waals surface area contributed by atoms with Crippen molar-refractivity contribution in [1.29, 1.82) is 0 Å². The van der Waals surface area contributed by atoms with Crippen LogP contribution in [-0.4, -0.2) is 17.6 Å². The summed E-state index contributed by atoms with van der Waals surface area (Å²) in [7, 11) is 1.33. The van der Waals surface area contributed by atoms with Crippen LogP contribution in [0.1, 0.15) is 5.69 Å². The molecule has 0 fully saturated rings. The molecular weight excluding hydrogens is 254 g/mol. The molecule has 5 heteroatoms. The van der Waals surface area contributed by atoms with E-state index in [0.29, 0.717) is 21.6 Å². The number of nitrogens with zero attached hydrogens (tertiary/aromatic N) is 1. The van der Waals surface area contributed by atoms with Gasteiger partial charge in [0.2, 0.25) is 0 Å². The zero-order chi connectivity index (χ0) is 13.3. The number of halogens is 1. The third-order valence-corrected chi connectivity index (χ3v) is 3.03. The highest BCUT2D eigenvalue weighted by atomic mass is 35.5. The van der Waals surface area contributed by atoms with Crippen LogP contribution in [0.4, 0.5) is 0 Å². The van der Waals surface area contributed by atoms with Gasteiger partial charge in [0.15, 0.2) is 5.43 Å². The highest BCUT2D eigenvalue weighted by molar-refractivity contribution is 6.31. The molecule has 0 aliphatic rings. The molecule has 18 heavy (non-hydrogen) atoms. The van der Waals surface area contributed by atoms with E-state index in [1.54, 1.807) is 29.7 Å². The number of hydrogen-bond acceptors (Lipinski definition) is 3. The van der Waals surface area contributed by atoms with Crippen molar-refractivity contribution in [2.75, 3.05) is 7.11 Å². The quantitative estimate of drug-likeness (QED) is 0.782. The molecule has 0 bridgehead atoms. The molecule has 2 aromatic rings. The Labute approximate surface area is 109 Å². The van der Waals surface area contributed by atoms with E-state index < -0.39 is 0 Å². The van der Waals surface area contributed by atoms with E-state index in [-0.39, 0.29) is 17.9 Å². The second-order valence-corrected chi connectivity index (χ2v) is 4.41. The third kappa shape index (κ3) is 2.24. The summed E-state index contributed by atoms with van der Waals surface area (Å²) < 4.78 is 6.38. The first-order valence-electron chi connectivity index (χ1n) is 5.39. The number of rotatable bonds is 2. The minimum atomic E-state index is -0.363. The van der Waals surface area contributed by atoms with Crippen LogP contribution in [0.2, 0.25) is 5.02 Å². The lowest BCUT2D eigenvalue weighted by atomic mass is 10.2. The van der Waals surface area contributed by atoms with Crippen LogP contribution in [0.25, 0.3) is 10.9 Å². The Balaban J connectivity index is 2.72. The minimum Gasteiger partial charge on any atom is -0.468 e. The second-order valence-electron chi connectivity index (χ2n) is 3.97. The fraction of sp³-hybridized carbons (Fsp3) is 0.231. The molecule has 0 amide bonds. The van der Waals surface area contributed by atoms with Gasteiger partial charge in [-0.2, -0.15) is 0 Å². The number of carbonyl (C=O) groups excluding carboxylic acids is 1. The summed E-state index contributed by atoms with van der Waals surface area (Å²) in [6, 6.07) is 6.51. The lowest BCUT2D eigenvalue weighted by Crippen LogP contribution is -2.18. The van der Waals surface area contributed by atoms with Crippen LogP contribution in [0.3, 0.4) is 0 Å². The zero-order valence-corrected chi connectivity index (χ0v) is 10.8. The maximum atomic E-state index is 11.9. The highest BCUT2D eigenvalue weighted by Crippen LogP contribution is 2.18. The second kappa shape index (κ2) is 4.82. The molecule has 0 unspecified atom stereocenters. The monoisotopic (exact) mass is 265 g/mol. The molecular formula is C13H12ClNO3. The molecule has 0 aliphatic heterocycles. The molecule has 4 nitrogen and oxygen atoms in total. The van der Waals surface area contributed by atoms with Gasteiger partial charge in [-0.3, -0.25) is 9.59 Å². The molecule has 0 N–H and O–H groups in total. The van der Waals surface area contributed by atoms with Gasteiger partial charge in [-0.25, -0.2) is 0 Å². The first kappa shape index (κ1) is 12.6. The fourth-order valence-electron chi connectivity index (χ4n) is 1.88. The van der Waals surface area contributed by atoms with Crippen molar-refractivity contribution in [3.63, 3.8) is 0 Å². The summed E-state index contributed by atoms with van der Waals surface area (Å²) >= 11 is 5.88. The molecule has 1 aromatic heterocycles. The van der Waals surface area contributed by atoms with Gasteiger partial charge in [-0.15, -0.1) is 0 Å². The van der Waals surface area contributed by atoms with Crippen molar-refractivity contribution in [2.45, 2.75) is 13.5 Å². The Morgan fingerprint density at radius 2 is 2.11 bits per heavy atom. The molecule has 0 saturated carbocycles. The van der Waals surface area contributed by atoms with Crippen molar-refractivity contribution in [2.24, 2.45) is 0 Å². The van der Waals surface area contributed by atoms with Gasteiger partial charge in [0.25, 0.3) is 0 Å². The van der Waals surface area contributed by atoms with Crippen LogP contribution in [0.5, 0.6) is 0 Å². The van der Waals surface area contributed by atoms with E-state index in [2.05, 4.69) is 4.74 Å². The Hall–Kier alpha value is -1.81. The molecule has 0 radical (unpaired) electrons. The van der Waals surface area contributed by atoms with E-state index in [1.165, 1.54) is 13.2 Å². The summed E-state index contributed by atoms with van der Waals surface area (Å²) in [4.78, 5) is 23.3. The van der Waals surface area contributed by atoms with Crippen molar-refractivity contribution >= 4 is 28.5 Å². The smallest absolute Gasteiger partial charge is 0.325 e. The molecule has 0 spiro atoms. The average molecular weight is 266 g/mol. The van der Waals surface area contributed by atoms with Crippen LogP contribution in [-0.2, 0) is 16.1 Å². The lowest BCUT2D eigenvalue weighted by Gasteiger charge is -2.13. The number of esters is 1. The largest absolute Gasteiger partial charge is 0.468 e. The summed E-state index contributed by atoms with van der Waals surface area (Å²) in [6.07, 6.45) is 0. The number of benzene rings is 1. The molecule has 1 aromatic carbocycles. The van der Waals surface area contributed by atoms with Gasteiger partial charge >= 0.3 is 5.97 Å². The third-order valence-electron chi connectivity index (χ3n) is 2.80. The molecule has 0 saturated heterocycles. The van der Waals surface area contributed by atoms with Crippen LogP contribution in [0, 0.1) is 6.92 Å². The molecule has 1 heterocycles. The van der Waals surface area contributed by atoms with Gasteiger partial charge in [0, 0.05) is 22.2 Å². The van der Waals surface area contributed by atoms with Crippen LogP contribution >= 0.6 is 11.6 Å². The maximum absolute atomic E-state index is 11.9. The number of methoxy groups -OCH3 is 1. The summed E-state index contributed by atoms with van der Waals surface area (Å²) in [5, 5.41) is 0.991. The van der Waals surface area contributed by atoms with Crippen molar-refractivity contribution < 1.29 is 9.53 Å². The topological polar surface area (TPSA) is 48.3 Å². The SMILES string of the molecule is COC(=O)Cn1c(C)cc(=O)c2cc(Cl)ccc21. The van der Waals surface area contributed by atoms with Crippen molar-refractivity contribution in [1.82, 2.24) is 4.57 Å². The van der Waals surface area contributed by atoms with Crippen LogP contribution < -0.4 is 5.43 Å². The maximum Gasteiger partial charge on any atom is 0.325 e. The first-order chi connectivity index (χ1) is 8.52. The number of aryl methyl sites for hydroxylation is 1. The predicted molar refractivity (Wildman–Crippen MR) is 70.0 cm³/mol. The van der Waals surface area contributed by atoms with Crippen molar-refractivity contribution in [3.05, 3.63) is 45.2 Å². The number of aromatic nitrogens is 1. The number of ether oxygens (including phenoxy) is 1. The summed E-state index contributed by atoms with van der Waals surface area (Å²) in [5.74, 6) is -0.363. The van der Waals surface area contributed by atoms with Crippen LogP contribution in [0.15, 0.2) is 29.1 Å². The summed E-state index contributed by atoms with van der Waals surface area (Å²) in [6.45, 7) is 1.85. The summed E-state index contributed by atoms with van der Waals surface area (Å²) in [5.41, 5.74) is 1.28. The lowest BCUT2D eigenvalue weighted by molar-refractivity contribution is -0.141. The standard InChI is InChI=1S/C13H12ClNO3/c1-8-5-12(16)10-6-9(14)3-4-11(10)15(8)7-13(17)18-2/h3-6H,7H2,1-2H3. The van der Waals surface area contributed by atoms with Gasteiger partial charge < -0.3 is 9.30 Å². The molecule has 2 rings (SSSR count). The van der Waals surface area contributed by atoms with Gasteiger partial charge in [0.05, 0.1) is 12.6 Å². The molecule has 0 aliphatic carbocycles. The molecule has 0 atom stereocenters. The number of fused-ring (bicyclic) bond motifs is 1. The van der Waals surface area contributed by atoms with Crippen molar-refractivity contribution in [3.8, 4) is 0 Å². The van der Waals surface area contributed by atoms with E-state index >= 15 is 0 Å². The predicted octanol–water partition coefficient (Wildman–Crippen LogP) is 2.14. The minimum absolute atomic E-state index is 0.0702. The normalized spacial score (nSPS) is 10.6. The Bertz CT molecular complexity index is 676. The van der Waals surface area contributed by atoms with E-state index in [9.17, 15) is 9.59 Å². The Morgan fingerprint density at radius 3 is 2.78 bits per heavy atom. The zero-order valence-electron chi connectivity index (χ0n) is 10.1. The fourth-order valence-corrected chi connectivity index (χ4v) is 2.05.